The van der Waals surface area contributed by atoms with Gasteiger partial charge in [-0.15, -0.1) is 0 Å². The number of fused-ring (bicyclic) bond motifs is 1. The Hall–Kier alpha value is -3.58. The average Bonchev–Trinajstić information content (AvgIpc) is 2.81. The van der Waals surface area contributed by atoms with Gasteiger partial charge in [0.25, 0.3) is 0 Å². The molecule has 0 aliphatic heterocycles. The quantitative estimate of drug-likeness (QED) is 0.171. The van der Waals surface area contributed by atoms with Crippen LogP contribution in [0.25, 0.3) is 10.8 Å². The Morgan fingerprint density at radius 3 is 2.30 bits per heavy atom. The summed E-state index contributed by atoms with van der Waals surface area (Å²) >= 11 is 0. The lowest BCUT2D eigenvalue weighted by Gasteiger charge is -2.18. The molecule has 0 saturated heterocycles. The van der Waals surface area contributed by atoms with Crippen molar-refractivity contribution in [2.75, 3.05) is 0 Å². The van der Waals surface area contributed by atoms with Crippen molar-refractivity contribution in [3.8, 4) is 11.8 Å². The van der Waals surface area contributed by atoms with Crippen molar-refractivity contribution in [3.63, 3.8) is 0 Å². The van der Waals surface area contributed by atoms with Gasteiger partial charge in [-0.3, -0.25) is 0 Å². The molecule has 4 aromatic carbocycles. The van der Waals surface area contributed by atoms with E-state index in [1.807, 2.05) is 48.5 Å². The topological polar surface area (TPSA) is 0 Å². The molecule has 2 unspecified atom stereocenters. The molecule has 0 fully saturated rings. The fourth-order valence-corrected chi connectivity index (χ4v) is 4.06. The smallest absolute Gasteiger partial charge is 0.195 e. The van der Waals surface area contributed by atoms with Gasteiger partial charge in [0.15, 0.2) is 17.5 Å². The average molecular weight is 446 g/mol. The molecule has 33 heavy (non-hydrogen) atoms. The highest BCUT2D eigenvalue weighted by molar-refractivity contribution is 5.89. The molecule has 0 amide bonds. The van der Waals surface area contributed by atoms with Crippen LogP contribution in [0.5, 0.6) is 0 Å². The second-order valence-corrected chi connectivity index (χ2v) is 8.16. The van der Waals surface area contributed by atoms with Crippen LogP contribution in [0.4, 0.5) is 17.6 Å². The van der Waals surface area contributed by atoms with E-state index in [1.54, 1.807) is 13.0 Å². The minimum Gasteiger partial charge on any atom is -0.247 e. The zero-order valence-corrected chi connectivity index (χ0v) is 18.3. The summed E-state index contributed by atoms with van der Waals surface area (Å²) < 4.78 is 54.3. The van der Waals surface area contributed by atoms with Gasteiger partial charge >= 0.3 is 0 Å². The summed E-state index contributed by atoms with van der Waals surface area (Å²) in [5.74, 6) is 1.50. The number of hydrogen-bond acceptors (Lipinski definition) is 0. The molecule has 166 valence electrons. The summed E-state index contributed by atoms with van der Waals surface area (Å²) in [6, 6.07) is 21.5. The van der Waals surface area contributed by atoms with Crippen LogP contribution in [0.1, 0.15) is 47.6 Å². The van der Waals surface area contributed by atoms with Gasteiger partial charge in [0.05, 0.1) is 5.56 Å². The predicted molar refractivity (Wildman–Crippen MR) is 124 cm³/mol. The number of benzene rings is 4. The molecular formula is C29H22F4. The maximum Gasteiger partial charge on any atom is 0.195 e. The van der Waals surface area contributed by atoms with E-state index in [0.717, 1.165) is 39.6 Å². The molecule has 2 atom stereocenters. The van der Waals surface area contributed by atoms with Crippen molar-refractivity contribution in [3.05, 3.63) is 118 Å². The van der Waals surface area contributed by atoms with E-state index in [9.17, 15) is 17.6 Å². The van der Waals surface area contributed by atoms with Crippen molar-refractivity contribution in [2.24, 2.45) is 0 Å². The Balaban J connectivity index is 1.70. The lowest BCUT2D eigenvalue weighted by molar-refractivity contribution is 0.359. The summed E-state index contributed by atoms with van der Waals surface area (Å²) in [6.45, 7) is 3.66. The second kappa shape index (κ2) is 9.50. The number of halogens is 4. The molecule has 0 bridgehead atoms. The van der Waals surface area contributed by atoms with Gasteiger partial charge in [-0.25, -0.2) is 17.6 Å². The maximum atomic E-state index is 14.0. The Bertz CT molecular complexity index is 1380. The van der Waals surface area contributed by atoms with E-state index < -0.39 is 23.6 Å². The summed E-state index contributed by atoms with van der Waals surface area (Å²) in [6.07, 6.45) is -0.551. The molecule has 4 aromatic rings. The van der Waals surface area contributed by atoms with E-state index in [1.165, 1.54) is 0 Å². The second-order valence-electron chi connectivity index (χ2n) is 8.16. The molecule has 0 radical (unpaired) electrons. The third-order valence-electron chi connectivity index (χ3n) is 5.79. The molecule has 0 aliphatic rings. The Kier molecular flexibility index (Phi) is 6.51. The van der Waals surface area contributed by atoms with Gasteiger partial charge in [-0.2, -0.15) is 0 Å². The molecule has 0 heterocycles. The maximum absolute atomic E-state index is 14.0. The SMILES string of the molecule is CC(F)Cc1ccccc1C(C)c1ccc2c(C#Cc3ccc(F)c(F)c3F)cccc2c1. The molecular weight excluding hydrogens is 424 g/mol. The lowest BCUT2D eigenvalue weighted by atomic mass is 9.87. The predicted octanol–water partition coefficient (Wildman–Crippen LogP) is 7.71. The highest BCUT2D eigenvalue weighted by atomic mass is 19.2. The van der Waals surface area contributed by atoms with Crippen molar-refractivity contribution >= 4 is 10.8 Å². The van der Waals surface area contributed by atoms with Crippen LogP contribution in [-0.4, -0.2) is 6.17 Å². The monoisotopic (exact) mass is 446 g/mol. The fraction of sp³-hybridized carbons (Fsp3) is 0.172. The zero-order valence-electron chi connectivity index (χ0n) is 18.3. The van der Waals surface area contributed by atoms with Crippen molar-refractivity contribution < 1.29 is 17.6 Å². The minimum absolute atomic E-state index is 0.0652. The summed E-state index contributed by atoms with van der Waals surface area (Å²) in [5, 5.41) is 1.82. The van der Waals surface area contributed by atoms with Crippen molar-refractivity contribution in [1.29, 1.82) is 0 Å². The van der Waals surface area contributed by atoms with Gasteiger partial charge in [0.2, 0.25) is 0 Å². The molecule has 0 spiro atoms. The van der Waals surface area contributed by atoms with Crippen LogP contribution in [0.15, 0.2) is 72.8 Å². The van der Waals surface area contributed by atoms with Crippen LogP contribution >= 0.6 is 0 Å². The molecule has 0 nitrogen and oxygen atoms in total. The normalized spacial score (nSPS) is 12.8. The first kappa shape index (κ1) is 22.6. The Morgan fingerprint density at radius 2 is 1.52 bits per heavy atom. The van der Waals surface area contributed by atoms with E-state index >= 15 is 0 Å². The van der Waals surface area contributed by atoms with Gasteiger partial charge in [0.1, 0.15) is 6.17 Å². The van der Waals surface area contributed by atoms with Crippen LogP contribution in [0.2, 0.25) is 0 Å². The highest BCUT2D eigenvalue weighted by Crippen LogP contribution is 2.31. The fourth-order valence-electron chi connectivity index (χ4n) is 4.06. The van der Waals surface area contributed by atoms with Crippen LogP contribution in [-0.2, 0) is 6.42 Å². The van der Waals surface area contributed by atoms with E-state index in [4.69, 9.17) is 0 Å². The van der Waals surface area contributed by atoms with Crippen LogP contribution < -0.4 is 0 Å². The summed E-state index contributed by atoms with van der Waals surface area (Å²) in [4.78, 5) is 0. The summed E-state index contributed by atoms with van der Waals surface area (Å²) in [5.41, 5.74) is 3.62. The molecule has 0 saturated carbocycles. The third kappa shape index (κ3) is 4.78. The van der Waals surface area contributed by atoms with E-state index in [-0.39, 0.29) is 11.5 Å². The first-order chi connectivity index (χ1) is 15.8. The van der Waals surface area contributed by atoms with Gasteiger partial charge in [-0.05, 0) is 52.6 Å². The largest absolute Gasteiger partial charge is 0.247 e. The van der Waals surface area contributed by atoms with Gasteiger partial charge in [-0.1, -0.05) is 73.4 Å². The number of rotatable bonds is 4. The molecule has 4 rings (SSSR count). The Morgan fingerprint density at radius 1 is 0.758 bits per heavy atom. The van der Waals surface area contributed by atoms with Crippen LogP contribution in [0.3, 0.4) is 0 Å². The first-order valence-corrected chi connectivity index (χ1v) is 10.7. The van der Waals surface area contributed by atoms with E-state index in [0.29, 0.717) is 12.0 Å². The highest BCUT2D eigenvalue weighted by Gasteiger charge is 2.15. The minimum atomic E-state index is -1.53. The Labute approximate surface area is 190 Å². The number of hydrogen-bond donors (Lipinski definition) is 0. The lowest BCUT2D eigenvalue weighted by Crippen LogP contribution is -2.06. The van der Waals surface area contributed by atoms with Crippen molar-refractivity contribution in [2.45, 2.75) is 32.4 Å². The molecule has 0 aliphatic carbocycles. The first-order valence-electron chi connectivity index (χ1n) is 10.7. The summed E-state index contributed by atoms with van der Waals surface area (Å²) in [7, 11) is 0. The van der Waals surface area contributed by atoms with Gasteiger partial charge < -0.3 is 0 Å². The molecule has 0 N–H and O–H groups in total. The van der Waals surface area contributed by atoms with Crippen LogP contribution in [0, 0.1) is 29.3 Å². The number of alkyl halides is 1. The van der Waals surface area contributed by atoms with E-state index in [2.05, 4.69) is 24.8 Å². The molecule has 0 aromatic heterocycles. The van der Waals surface area contributed by atoms with Crippen molar-refractivity contribution in [1.82, 2.24) is 0 Å². The molecule has 4 heteroatoms. The zero-order chi connectivity index (χ0) is 23.5. The third-order valence-corrected chi connectivity index (χ3v) is 5.79. The van der Waals surface area contributed by atoms with Gasteiger partial charge in [0, 0.05) is 17.9 Å². The standard InChI is InChI=1S/C29H22F4/c1-18(30)16-23-6-3-4-9-25(23)19(2)22-12-14-26-20(7-5-8-24(26)17-22)10-11-21-13-15-27(31)29(33)28(21)32/h3-9,12-15,17-19H,16H2,1-2H3.